The second-order valence-corrected chi connectivity index (χ2v) is 3.76. The molecule has 5 heteroatoms. The number of thiol groups is 1. The van der Waals surface area contributed by atoms with E-state index in [4.69, 9.17) is 9.84 Å². The highest BCUT2D eigenvalue weighted by atomic mass is 32.1. The van der Waals surface area contributed by atoms with E-state index in [1.165, 1.54) is 0 Å². The summed E-state index contributed by atoms with van der Waals surface area (Å²) < 4.78 is 5.29. The van der Waals surface area contributed by atoms with Crippen molar-refractivity contribution in [3.63, 3.8) is 0 Å². The average molecular weight is 205 g/mol. The summed E-state index contributed by atoms with van der Waals surface area (Å²) in [5.41, 5.74) is -0.988. The van der Waals surface area contributed by atoms with Crippen LogP contribution < -0.4 is 5.32 Å². The van der Waals surface area contributed by atoms with Crippen LogP contribution in [-0.4, -0.2) is 35.2 Å². The molecule has 1 aliphatic heterocycles. The first kappa shape index (κ1) is 10.8. The molecule has 0 aromatic carbocycles. The van der Waals surface area contributed by atoms with Gasteiger partial charge in [0.15, 0.2) is 0 Å². The molecule has 2 unspecified atom stereocenters. The van der Waals surface area contributed by atoms with Crippen molar-refractivity contribution in [2.75, 3.05) is 12.4 Å². The largest absolute Gasteiger partial charge is 0.480 e. The summed E-state index contributed by atoms with van der Waals surface area (Å²) in [4.78, 5) is 10.9. The Labute approximate surface area is 83.1 Å². The van der Waals surface area contributed by atoms with E-state index in [1.54, 1.807) is 6.92 Å². The molecule has 0 amide bonds. The number of rotatable bonds is 4. The molecule has 0 radical (unpaired) electrons. The Kier molecular flexibility index (Phi) is 3.58. The summed E-state index contributed by atoms with van der Waals surface area (Å²) >= 11 is 4.01. The Hall–Kier alpha value is -0.260. The molecule has 1 saturated heterocycles. The van der Waals surface area contributed by atoms with E-state index >= 15 is 0 Å². The van der Waals surface area contributed by atoms with Gasteiger partial charge in [-0.3, -0.25) is 10.1 Å². The Morgan fingerprint density at radius 1 is 1.85 bits per heavy atom. The maximum Gasteiger partial charge on any atom is 0.324 e. The number of nitrogens with one attached hydrogen (secondary N) is 1. The summed E-state index contributed by atoms with van der Waals surface area (Å²) in [6.45, 7) is 2.32. The van der Waals surface area contributed by atoms with Gasteiger partial charge in [0.2, 0.25) is 0 Å². The van der Waals surface area contributed by atoms with E-state index in [0.717, 1.165) is 12.8 Å². The molecule has 0 bridgehead atoms. The topological polar surface area (TPSA) is 58.6 Å². The number of ether oxygens (including phenoxy) is 1. The fraction of sp³-hybridized carbons (Fsp3) is 0.875. The van der Waals surface area contributed by atoms with Crippen molar-refractivity contribution in [2.24, 2.45) is 0 Å². The van der Waals surface area contributed by atoms with Crippen molar-refractivity contribution < 1.29 is 14.6 Å². The highest BCUT2D eigenvalue weighted by Crippen LogP contribution is 2.15. The van der Waals surface area contributed by atoms with Crippen LogP contribution in [0.1, 0.15) is 19.8 Å². The highest BCUT2D eigenvalue weighted by Gasteiger charge is 2.34. The number of carboxylic acid groups (broad SMARTS) is 1. The Morgan fingerprint density at radius 2 is 2.54 bits per heavy atom. The third-order valence-corrected chi connectivity index (χ3v) is 2.83. The van der Waals surface area contributed by atoms with Gasteiger partial charge >= 0.3 is 5.97 Å². The number of aliphatic carboxylic acids is 1. The van der Waals surface area contributed by atoms with E-state index in [2.05, 4.69) is 17.9 Å². The SMILES string of the molecule is CC(CS)(NC1CCCO1)C(=O)O. The third kappa shape index (κ3) is 2.59. The van der Waals surface area contributed by atoms with Gasteiger partial charge in [-0.15, -0.1) is 0 Å². The van der Waals surface area contributed by atoms with Gasteiger partial charge in [-0.1, -0.05) is 0 Å². The zero-order valence-corrected chi connectivity index (χ0v) is 8.51. The minimum atomic E-state index is -0.988. The van der Waals surface area contributed by atoms with Gasteiger partial charge in [0.25, 0.3) is 0 Å². The van der Waals surface area contributed by atoms with Crippen LogP contribution in [0.15, 0.2) is 0 Å². The van der Waals surface area contributed by atoms with Gasteiger partial charge in [0.05, 0.1) is 0 Å². The van der Waals surface area contributed by atoms with Crippen molar-refractivity contribution in [1.29, 1.82) is 0 Å². The van der Waals surface area contributed by atoms with Gasteiger partial charge in [0, 0.05) is 12.4 Å². The lowest BCUT2D eigenvalue weighted by Crippen LogP contribution is -2.55. The van der Waals surface area contributed by atoms with E-state index in [9.17, 15) is 4.79 Å². The molecule has 4 nitrogen and oxygen atoms in total. The summed E-state index contributed by atoms with van der Waals surface area (Å²) in [6, 6.07) is 0. The first-order chi connectivity index (χ1) is 6.08. The summed E-state index contributed by atoms with van der Waals surface area (Å²) in [6.07, 6.45) is 1.73. The van der Waals surface area contributed by atoms with E-state index in [-0.39, 0.29) is 12.0 Å². The second-order valence-electron chi connectivity index (χ2n) is 3.44. The standard InChI is InChI=1S/C8H15NO3S/c1-8(5-13,7(10)11)9-6-3-2-4-12-6/h6,9,13H,2-5H2,1H3,(H,10,11). The van der Waals surface area contributed by atoms with E-state index in [1.807, 2.05) is 0 Å². The molecular formula is C8H15NO3S. The number of hydrogen-bond acceptors (Lipinski definition) is 4. The molecule has 0 aliphatic carbocycles. The quantitative estimate of drug-likeness (QED) is 0.584. The average Bonchev–Trinajstić information content (AvgIpc) is 2.56. The molecule has 76 valence electrons. The minimum Gasteiger partial charge on any atom is -0.480 e. The number of carbonyl (C=O) groups is 1. The first-order valence-electron chi connectivity index (χ1n) is 4.32. The van der Waals surface area contributed by atoms with Crippen molar-refractivity contribution in [3.8, 4) is 0 Å². The summed E-state index contributed by atoms with van der Waals surface area (Å²) in [5, 5.41) is 11.9. The Morgan fingerprint density at radius 3 is 2.92 bits per heavy atom. The molecule has 0 saturated carbocycles. The van der Waals surface area contributed by atoms with Gasteiger partial charge in [-0.25, -0.2) is 0 Å². The number of hydrogen-bond donors (Lipinski definition) is 3. The molecule has 2 N–H and O–H groups in total. The van der Waals surface area contributed by atoms with Crippen molar-refractivity contribution in [2.45, 2.75) is 31.5 Å². The van der Waals surface area contributed by atoms with Crippen LogP contribution in [0.5, 0.6) is 0 Å². The maximum absolute atomic E-state index is 10.9. The molecule has 1 aliphatic rings. The second kappa shape index (κ2) is 4.30. The Bertz CT molecular complexity index is 194. The lowest BCUT2D eigenvalue weighted by Gasteiger charge is -2.27. The van der Waals surface area contributed by atoms with Crippen LogP contribution >= 0.6 is 12.6 Å². The van der Waals surface area contributed by atoms with Crippen LogP contribution in [0.4, 0.5) is 0 Å². The van der Waals surface area contributed by atoms with Gasteiger partial charge in [-0.2, -0.15) is 12.6 Å². The molecule has 1 fully saturated rings. The third-order valence-electron chi connectivity index (χ3n) is 2.20. The predicted octanol–water partition coefficient (Wildman–Crippen LogP) is 0.486. The molecule has 2 atom stereocenters. The zero-order valence-electron chi connectivity index (χ0n) is 7.62. The van der Waals surface area contributed by atoms with E-state index < -0.39 is 11.5 Å². The van der Waals surface area contributed by atoms with Crippen LogP contribution in [0, 0.1) is 0 Å². The fourth-order valence-electron chi connectivity index (χ4n) is 1.22. The predicted molar refractivity (Wildman–Crippen MR) is 52.0 cm³/mol. The van der Waals surface area contributed by atoms with Gasteiger partial charge < -0.3 is 9.84 Å². The zero-order chi connectivity index (χ0) is 9.90. The molecule has 1 rings (SSSR count). The molecule has 0 aromatic heterocycles. The molecule has 0 spiro atoms. The minimum absolute atomic E-state index is 0.131. The lowest BCUT2D eigenvalue weighted by molar-refractivity contribution is -0.144. The molecule has 1 heterocycles. The van der Waals surface area contributed by atoms with Crippen molar-refractivity contribution in [3.05, 3.63) is 0 Å². The lowest BCUT2D eigenvalue weighted by atomic mass is 10.1. The summed E-state index contributed by atoms with van der Waals surface area (Å²) in [5.74, 6) is -0.639. The van der Waals surface area contributed by atoms with Crippen molar-refractivity contribution in [1.82, 2.24) is 5.32 Å². The van der Waals surface area contributed by atoms with Gasteiger partial charge in [-0.05, 0) is 19.8 Å². The molecule has 13 heavy (non-hydrogen) atoms. The fourth-order valence-corrected chi connectivity index (χ4v) is 1.45. The van der Waals surface area contributed by atoms with Crippen LogP contribution in [0.2, 0.25) is 0 Å². The monoisotopic (exact) mass is 205 g/mol. The highest BCUT2D eigenvalue weighted by molar-refractivity contribution is 7.80. The Balaban J connectivity index is 2.51. The van der Waals surface area contributed by atoms with E-state index in [0.29, 0.717) is 6.61 Å². The first-order valence-corrected chi connectivity index (χ1v) is 4.95. The van der Waals surface area contributed by atoms with Crippen molar-refractivity contribution >= 4 is 18.6 Å². The maximum atomic E-state index is 10.9. The smallest absolute Gasteiger partial charge is 0.324 e. The molecular weight excluding hydrogens is 190 g/mol. The summed E-state index contributed by atoms with van der Waals surface area (Å²) in [7, 11) is 0. The molecule has 0 aromatic rings. The van der Waals surface area contributed by atoms with Crippen LogP contribution in [0.25, 0.3) is 0 Å². The number of carboxylic acids is 1. The van der Waals surface area contributed by atoms with Crippen LogP contribution in [0.3, 0.4) is 0 Å². The van der Waals surface area contributed by atoms with Gasteiger partial charge in [0.1, 0.15) is 11.8 Å². The normalized spacial score (nSPS) is 27.1. The van der Waals surface area contributed by atoms with Crippen LogP contribution in [-0.2, 0) is 9.53 Å².